The fraction of sp³-hybridized carbons (Fsp3) is 0.351. The minimum atomic E-state index is -0.332. The zero-order chi connectivity index (χ0) is 29.5. The zero-order valence-electron chi connectivity index (χ0n) is 25.6. The second-order valence-electron chi connectivity index (χ2n) is 13.2. The first kappa shape index (κ1) is 28.6. The first-order valence-corrected chi connectivity index (χ1v) is 14.7. The Morgan fingerprint density at radius 2 is 1.05 bits per heavy atom. The second kappa shape index (κ2) is 10.8. The number of ether oxygens (including phenoxy) is 2. The molecule has 0 spiro atoms. The van der Waals surface area contributed by atoms with E-state index in [1.54, 1.807) is 0 Å². The number of hydrogen-bond acceptors (Lipinski definition) is 4. The first-order valence-electron chi connectivity index (χ1n) is 14.7. The predicted octanol–water partition coefficient (Wildman–Crippen LogP) is 9.80. The summed E-state index contributed by atoms with van der Waals surface area (Å²) in [5.41, 5.74) is 20.4. The summed E-state index contributed by atoms with van der Waals surface area (Å²) in [4.78, 5) is 0. The van der Waals surface area contributed by atoms with Crippen LogP contribution >= 0.6 is 0 Å². The van der Waals surface area contributed by atoms with Gasteiger partial charge in [0.05, 0.1) is 0 Å². The fourth-order valence-corrected chi connectivity index (χ4v) is 7.33. The molecule has 4 nitrogen and oxygen atoms in total. The number of anilines is 2. The largest absolute Gasteiger partial charge is 0.457 e. The average molecular weight is 549 g/mol. The Labute approximate surface area is 245 Å². The van der Waals surface area contributed by atoms with Crippen LogP contribution in [0.3, 0.4) is 0 Å². The van der Waals surface area contributed by atoms with Gasteiger partial charge < -0.3 is 20.9 Å². The van der Waals surface area contributed by atoms with E-state index in [0.29, 0.717) is 5.92 Å². The van der Waals surface area contributed by atoms with Crippen molar-refractivity contribution in [2.24, 2.45) is 11.3 Å². The number of hydrogen-bond donors (Lipinski definition) is 2. The van der Waals surface area contributed by atoms with Crippen molar-refractivity contribution in [1.29, 1.82) is 0 Å². The molecule has 0 aromatic heterocycles. The summed E-state index contributed by atoms with van der Waals surface area (Å²) >= 11 is 0. The molecule has 1 saturated carbocycles. The highest BCUT2D eigenvalue weighted by Gasteiger charge is 2.48. The van der Waals surface area contributed by atoms with E-state index in [9.17, 15) is 0 Å². The van der Waals surface area contributed by atoms with E-state index >= 15 is 0 Å². The SMILES string of the molecule is Cc1cc(C)c(Oc2ccc(N)cc2)c(C2(c3cc(C)cc(C)c3Oc3ccc(N)cc3)CC(C)CC(C)(C)C2)c1. The Hall–Kier alpha value is -3.92. The van der Waals surface area contributed by atoms with Crippen LogP contribution in [0.2, 0.25) is 0 Å². The molecule has 0 bridgehead atoms. The highest BCUT2D eigenvalue weighted by atomic mass is 16.5. The summed E-state index contributed by atoms with van der Waals surface area (Å²) < 4.78 is 13.5. The quantitative estimate of drug-likeness (QED) is 0.235. The van der Waals surface area contributed by atoms with Gasteiger partial charge in [-0.2, -0.15) is 0 Å². The van der Waals surface area contributed by atoms with Crippen LogP contribution < -0.4 is 20.9 Å². The average Bonchev–Trinajstić information content (AvgIpc) is 2.88. The van der Waals surface area contributed by atoms with Gasteiger partial charge in [-0.05, 0) is 118 Å². The Bertz CT molecular complexity index is 1450. The van der Waals surface area contributed by atoms with Gasteiger partial charge in [-0.15, -0.1) is 0 Å². The second-order valence-corrected chi connectivity index (χ2v) is 13.2. The van der Waals surface area contributed by atoms with Gasteiger partial charge in [0.2, 0.25) is 0 Å². The fourth-order valence-electron chi connectivity index (χ4n) is 7.33. The minimum Gasteiger partial charge on any atom is -0.457 e. The van der Waals surface area contributed by atoms with Gasteiger partial charge in [0.15, 0.2) is 0 Å². The molecule has 0 aliphatic heterocycles. The van der Waals surface area contributed by atoms with Crippen LogP contribution in [-0.2, 0) is 5.41 Å². The van der Waals surface area contributed by atoms with E-state index in [1.165, 1.54) is 28.7 Å². The lowest BCUT2D eigenvalue weighted by Crippen LogP contribution is -2.41. The summed E-state index contributed by atoms with van der Waals surface area (Å²) in [5, 5.41) is 0. The van der Waals surface area contributed by atoms with Crippen LogP contribution in [0.15, 0.2) is 72.8 Å². The van der Waals surface area contributed by atoms with E-state index in [0.717, 1.165) is 58.3 Å². The molecule has 1 aliphatic rings. The van der Waals surface area contributed by atoms with Crippen molar-refractivity contribution in [3.05, 3.63) is 106 Å². The van der Waals surface area contributed by atoms with E-state index in [-0.39, 0.29) is 10.8 Å². The highest BCUT2D eigenvalue weighted by Crippen LogP contribution is 2.58. The molecule has 0 heterocycles. The van der Waals surface area contributed by atoms with Crippen molar-refractivity contribution in [1.82, 2.24) is 0 Å². The molecule has 1 fully saturated rings. The Kier molecular flexibility index (Phi) is 7.54. The van der Waals surface area contributed by atoms with Crippen LogP contribution in [-0.4, -0.2) is 0 Å². The molecule has 0 radical (unpaired) electrons. The molecule has 4 N–H and O–H groups in total. The van der Waals surface area contributed by atoms with Crippen LogP contribution in [0, 0.1) is 39.0 Å². The maximum atomic E-state index is 6.77. The van der Waals surface area contributed by atoms with Gasteiger partial charge in [0.1, 0.15) is 23.0 Å². The Morgan fingerprint density at radius 3 is 1.44 bits per heavy atom. The van der Waals surface area contributed by atoms with Crippen molar-refractivity contribution >= 4 is 11.4 Å². The van der Waals surface area contributed by atoms with Crippen LogP contribution in [0.4, 0.5) is 11.4 Å². The summed E-state index contributed by atoms with van der Waals surface area (Å²) in [6.07, 6.45) is 3.15. The molecule has 0 amide bonds. The lowest BCUT2D eigenvalue weighted by molar-refractivity contribution is 0.124. The smallest absolute Gasteiger partial charge is 0.134 e. The van der Waals surface area contributed by atoms with Gasteiger partial charge >= 0.3 is 0 Å². The number of nitrogen functional groups attached to an aromatic ring is 2. The van der Waals surface area contributed by atoms with E-state index < -0.39 is 0 Å². The van der Waals surface area contributed by atoms with Crippen LogP contribution in [0.5, 0.6) is 23.0 Å². The van der Waals surface area contributed by atoms with E-state index in [2.05, 4.69) is 72.7 Å². The maximum Gasteiger partial charge on any atom is 0.134 e. The van der Waals surface area contributed by atoms with Crippen molar-refractivity contribution in [3.63, 3.8) is 0 Å². The normalized spacial score (nSPS) is 17.7. The lowest BCUT2D eigenvalue weighted by Gasteiger charge is -2.49. The first-order chi connectivity index (χ1) is 19.3. The number of nitrogens with two attached hydrogens (primary N) is 2. The van der Waals surface area contributed by atoms with Crippen molar-refractivity contribution in [3.8, 4) is 23.0 Å². The summed E-state index contributed by atoms with van der Waals surface area (Å²) in [6, 6.07) is 24.5. The molecule has 1 atom stereocenters. The number of benzene rings is 4. The molecule has 4 aromatic carbocycles. The van der Waals surface area contributed by atoms with Gasteiger partial charge in [0, 0.05) is 27.9 Å². The third-order valence-electron chi connectivity index (χ3n) is 8.45. The van der Waals surface area contributed by atoms with Crippen molar-refractivity contribution in [2.45, 2.75) is 73.1 Å². The molecule has 1 aliphatic carbocycles. The molecule has 0 saturated heterocycles. The Morgan fingerprint density at radius 1 is 0.634 bits per heavy atom. The molecule has 214 valence electrons. The predicted molar refractivity (Wildman–Crippen MR) is 171 cm³/mol. The van der Waals surface area contributed by atoms with Gasteiger partial charge in [0.25, 0.3) is 0 Å². The molecule has 4 aromatic rings. The van der Waals surface area contributed by atoms with E-state index in [1.807, 2.05) is 48.5 Å². The summed E-state index contributed by atoms with van der Waals surface area (Å²) in [5.74, 6) is 3.91. The summed E-state index contributed by atoms with van der Waals surface area (Å²) in [6.45, 7) is 15.9. The topological polar surface area (TPSA) is 70.5 Å². The lowest BCUT2D eigenvalue weighted by atomic mass is 9.55. The minimum absolute atomic E-state index is 0.115. The van der Waals surface area contributed by atoms with Crippen molar-refractivity contribution < 1.29 is 9.47 Å². The highest BCUT2D eigenvalue weighted by molar-refractivity contribution is 5.60. The maximum absolute atomic E-state index is 6.77. The van der Waals surface area contributed by atoms with Crippen molar-refractivity contribution in [2.75, 3.05) is 11.5 Å². The number of aryl methyl sites for hydroxylation is 4. The monoisotopic (exact) mass is 548 g/mol. The molecular weight excluding hydrogens is 504 g/mol. The van der Waals surface area contributed by atoms with E-state index in [4.69, 9.17) is 20.9 Å². The van der Waals surface area contributed by atoms with Crippen LogP contribution in [0.25, 0.3) is 0 Å². The molecule has 1 unspecified atom stereocenters. The number of rotatable bonds is 6. The van der Waals surface area contributed by atoms with Gasteiger partial charge in [-0.1, -0.05) is 56.2 Å². The molecule has 4 heteroatoms. The molecule has 5 rings (SSSR count). The standard InChI is InChI=1S/C37H44N2O2/c1-23-16-26(4)34(40-30-12-8-28(38)9-13-30)32(18-23)37(21-25(3)20-36(6,7)22-37)33-19-24(2)17-27(5)35(33)41-31-14-10-29(39)11-15-31/h8-19,25H,20-22,38-39H2,1-7H3. The van der Waals surface area contributed by atoms with Crippen LogP contribution in [0.1, 0.15) is 73.4 Å². The molecular formula is C37H44N2O2. The zero-order valence-corrected chi connectivity index (χ0v) is 25.6. The third-order valence-corrected chi connectivity index (χ3v) is 8.45. The van der Waals surface area contributed by atoms with Gasteiger partial charge in [-0.3, -0.25) is 0 Å². The molecule has 41 heavy (non-hydrogen) atoms. The van der Waals surface area contributed by atoms with Gasteiger partial charge in [-0.25, -0.2) is 0 Å². The Balaban J connectivity index is 1.79. The third kappa shape index (κ3) is 5.93. The summed E-state index contributed by atoms with van der Waals surface area (Å²) in [7, 11) is 0.